The summed E-state index contributed by atoms with van der Waals surface area (Å²) in [4.78, 5) is 54.9. The smallest absolute Gasteiger partial charge is 0.411 e. The summed E-state index contributed by atoms with van der Waals surface area (Å²) in [6.45, 7) is 5.69. The van der Waals surface area contributed by atoms with Crippen LogP contribution in [0.25, 0.3) is 55.6 Å². The number of carboxylic acid groups (broad SMARTS) is 1. The van der Waals surface area contributed by atoms with E-state index in [0.29, 0.717) is 17.7 Å². The van der Waals surface area contributed by atoms with Crippen molar-refractivity contribution < 1.29 is 19.4 Å². The van der Waals surface area contributed by atoms with Gasteiger partial charge in [-0.3, -0.25) is 9.80 Å². The minimum atomic E-state index is -0.877. The first-order valence-corrected chi connectivity index (χ1v) is 17.4. The number of likely N-dealkylation sites (tertiary alicyclic amines) is 2. The molecule has 4 aromatic heterocycles. The molecular formula is C38H36N8O4. The van der Waals surface area contributed by atoms with Crippen LogP contribution in [0.1, 0.15) is 70.2 Å². The number of aromatic nitrogens is 6. The maximum Gasteiger partial charge on any atom is 0.411 e. The lowest BCUT2D eigenvalue weighted by atomic mass is 10.1. The molecule has 2 saturated carbocycles. The number of ether oxygens (including phenoxy) is 1. The molecule has 6 atom stereocenters. The predicted octanol–water partition coefficient (Wildman–Crippen LogP) is 7.60. The van der Waals surface area contributed by atoms with Gasteiger partial charge in [0, 0.05) is 23.2 Å². The summed E-state index contributed by atoms with van der Waals surface area (Å²) in [6.07, 6.45) is 2.54. The van der Waals surface area contributed by atoms with E-state index in [4.69, 9.17) is 24.7 Å². The van der Waals surface area contributed by atoms with E-state index in [2.05, 4.69) is 16.0 Å². The van der Waals surface area contributed by atoms with Crippen LogP contribution >= 0.6 is 0 Å². The third kappa shape index (κ3) is 4.79. The van der Waals surface area contributed by atoms with Crippen molar-refractivity contribution in [3.05, 3.63) is 72.3 Å². The van der Waals surface area contributed by atoms with E-state index in [1.54, 1.807) is 4.90 Å². The minimum absolute atomic E-state index is 0.126. The van der Waals surface area contributed by atoms with Gasteiger partial charge in [-0.2, -0.15) is 0 Å². The Morgan fingerprint density at radius 1 is 0.680 bits per heavy atom. The first-order valence-electron chi connectivity index (χ1n) is 17.4. The van der Waals surface area contributed by atoms with E-state index in [1.165, 1.54) is 0 Å². The van der Waals surface area contributed by atoms with Gasteiger partial charge in [-0.1, -0.05) is 12.1 Å². The molecule has 12 heteroatoms. The monoisotopic (exact) mass is 668 g/mol. The average Bonchev–Trinajstić information content (AvgIpc) is 3.74. The van der Waals surface area contributed by atoms with Crippen molar-refractivity contribution >= 4 is 45.3 Å². The Balaban J connectivity index is 0.902. The summed E-state index contributed by atoms with van der Waals surface area (Å²) in [5, 5.41) is 9.77. The van der Waals surface area contributed by atoms with Crippen molar-refractivity contribution in [2.24, 2.45) is 11.8 Å². The number of rotatable bonds is 4. The zero-order valence-electron chi connectivity index (χ0n) is 27.9. The van der Waals surface area contributed by atoms with Gasteiger partial charge in [0.2, 0.25) is 0 Å². The van der Waals surface area contributed by atoms with Crippen LogP contribution < -0.4 is 0 Å². The molecule has 10 rings (SSSR count). The number of carbonyl (C=O) groups excluding carboxylic acids is 1. The SMILES string of the molecule is CC(C)(C)OC(=O)N1[C@@H]2C[C@@H]2C[C@H]1c1nc2ccc(-c3ccc4nc(-c5ccc6[nH]c([C@@H]7C[C@H]8C[C@H]8N7C(=O)O)nc6c5)ccc4n3)cc2[nH]1. The fourth-order valence-electron chi connectivity index (χ4n) is 8.27. The number of amides is 2. The fourth-order valence-corrected chi connectivity index (χ4v) is 8.27. The molecule has 252 valence electrons. The van der Waals surface area contributed by atoms with E-state index in [0.717, 1.165) is 87.1 Å². The number of pyridine rings is 2. The molecule has 2 aliphatic heterocycles. The molecule has 3 N–H and O–H groups in total. The van der Waals surface area contributed by atoms with Gasteiger partial charge in [0.1, 0.15) is 17.2 Å². The highest BCUT2D eigenvalue weighted by molar-refractivity contribution is 5.86. The molecule has 12 nitrogen and oxygen atoms in total. The minimum Gasteiger partial charge on any atom is -0.465 e. The Hall–Kier alpha value is -5.52. The van der Waals surface area contributed by atoms with Crippen LogP contribution in [0.2, 0.25) is 0 Å². The van der Waals surface area contributed by atoms with Crippen molar-refractivity contribution in [3.63, 3.8) is 0 Å². The molecule has 0 bridgehead atoms. The number of piperidine rings is 2. The van der Waals surface area contributed by atoms with Crippen LogP contribution in [0.4, 0.5) is 9.59 Å². The zero-order chi connectivity index (χ0) is 34.1. The highest BCUT2D eigenvalue weighted by atomic mass is 16.6. The second-order valence-electron chi connectivity index (χ2n) is 15.3. The Bertz CT molecular complexity index is 2390. The quantitative estimate of drug-likeness (QED) is 0.174. The molecular weight excluding hydrogens is 632 g/mol. The molecule has 6 heterocycles. The lowest BCUT2D eigenvalue weighted by Gasteiger charge is -2.29. The van der Waals surface area contributed by atoms with Crippen LogP contribution in [-0.4, -0.2) is 74.7 Å². The van der Waals surface area contributed by atoms with Gasteiger partial charge in [0.15, 0.2) is 0 Å². The summed E-state index contributed by atoms with van der Waals surface area (Å²) in [6, 6.07) is 20.0. The molecule has 50 heavy (non-hydrogen) atoms. The highest BCUT2D eigenvalue weighted by Gasteiger charge is 2.57. The molecule has 4 aliphatic rings. The number of benzene rings is 2. The van der Waals surface area contributed by atoms with Crippen molar-refractivity contribution in [2.45, 2.75) is 76.2 Å². The van der Waals surface area contributed by atoms with E-state index in [9.17, 15) is 14.7 Å². The van der Waals surface area contributed by atoms with Gasteiger partial charge in [-0.25, -0.2) is 29.5 Å². The Labute approximate surface area is 286 Å². The highest BCUT2D eigenvalue weighted by Crippen LogP contribution is 2.54. The molecule has 2 aromatic carbocycles. The van der Waals surface area contributed by atoms with E-state index >= 15 is 0 Å². The number of fused-ring (bicyclic) bond motifs is 5. The van der Waals surface area contributed by atoms with Crippen LogP contribution in [0.5, 0.6) is 0 Å². The summed E-state index contributed by atoms with van der Waals surface area (Å²) in [5.41, 5.74) is 7.95. The van der Waals surface area contributed by atoms with Crippen molar-refractivity contribution in [2.75, 3.05) is 0 Å². The predicted molar refractivity (Wildman–Crippen MR) is 186 cm³/mol. The van der Waals surface area contributed by atoms with Crippen LogP contribution in [-0.2, 0) is 4.74 Å². The lowest BCUT2D eigenvalue weighted by Crippen LogP contribution is -2.38. The first kappa shape index (κ1) is 29.4. The lowest BCUT2D eigenvalue weighted by molar-refractivity contribution is 0.0175. The number of carbonyl (C=O) groups is 2. The summed E-state index contributed by atoms with van der Waals surface area (Å²) in [5.74, 6) is 2.45. The van der Waals surface area contributed by atoms with Gasteiger partial charge >= 0.3 is 12.2 Å². The van der Waals surface area contributed by atoms with E-state index < -0.39 is 11.7 Å². The van der Waals surface area contributed by atoms with Gasteiger partial charge in [-0.05, 0) is 107 Å². The van der Waals surface area contributed by atoms with E-state index in [1.807, 2.05) is 80.3 Å². The second kappa shape index (κ2) is 10.3. The van der Waals surface area contributed by atoms with Crippen molar-refractivity contribution in [1.82, 2.24) is 39.7 Å². The number of nitrogens with zero attached hydrogens (tertiary/aromatic N) is 6. The normalized spacial score (nSPS) is 25.3. The van der Waals surface area contributed by atoms with E-state index in [-0.39, 0.29) is 30.3 Å². The standard InChI is InChI=1S/C38H36N8O4/c1-38(2,3)50-37(49)46-31-15-21(31)17-33(46)35-42-27-7-5-19(13-29(27)44-35)23-9-11-24-25(40-23)10-8-22(39-24)18-4-6-26-28(12-18)43-34(41-26)32-16-20-14-30(20)45(32)36(47)48/h4-13,20-21,30-33H,14-17H2,1-3H3,(H,41,43)(H,42,44)(H,47,48)/t20-,21-,30-,31-,32+,33+/m1/s1. The Morgan fingerprint density at radius 3 is 1.90 bits per heavy atom. The number of imidazole rings is 2. The Kier molecular flexibility index (Phi) is 6.03. The summed E-state index contributed by atoms with van der Waals surface area (Å²) in [7, 11) is 0. The average molecular weight is 669 g/mol. The molecule has 6 aromatic rings. The van der Waals surface area contributed by atoms with Gasteiger partial charge < -0.3 is 19.8 Å². The topological polar surface area (TPSA) is 153 Å². The summed E-state index contributed by atoms with van der Waals surface area (Å²) >= 11 is 0. The van der Waals surface area contributed by atoms with Gasteiger partial charge in [-0.15, -0.1) is 0 Å². The van der Waals surface area contributed by atoms with Gasteiger partial charge in [0.25, 0.3) is 0 Å². The molecule has 0 unspecified atom stereocenters. The summed E-state index contributed by atoms with van der Waals surface area (Å²) < 4.78 is 5.75. The molecule has 2 amide bonds. The molecule has 2 aliphatic carbocycles. The molecule has 0 spiro atoms. The van der Waals surface area contributed by atoms with Crippen LogP contribution in [0.15, 0.2) is 60.7 Å². The number of hydrogen-bond acceptors (Lipinski definition) is 7. The maximum atomic E-state index is 13.1. The fraction of sp³-hybridized carbons (Fsp3) is 0.368. The van der Waals surface area contributed by atoms with Crippen molar-refractivity contribution in [3.8, 4) is 22.5 Å². The number of aromatic amines is 2. The molecule has 0 radical (unpaired) electrons. The molecule has 2 saturated heterocycles. The second-order valence-corrected chi connectivity index (χ2v) is 15.3. The third-order valence-electron chi connectivity index (χ3n) is 10.8. The largest absolute Gasteiger partial charge is 0.465 e. The third-order valence-corrected chi connectivity index (χ3v) is 10.8. The van der Waals surface area contributed by atoms with Crippen molar-refractivity contribution in [1.29, 1.82) is 0 Å². The first-order chi connectivity index (χ1) is 24.1. The van der Waals surface area contributed by atoms with Crippen LogP contribution in [0.3, 0.4) is 0 Å². The number of hydrogen-bond donors (Lipinski definition) is 3. The molecule has 4 fully saturated rings. The number of H-pyrrole nitrogens is 2. The van der Waals surface area contributed by atoms with Crippen LogP contribution in [0, 0.1) is 11.8 Å². The van der Waals surface area contributed by atoms with Gasteiger partial charge in [0.05, 0.1) is 56.6 Å². The zero-order valence-corrected chi connectivity index (χ0v) is 27.9. The Morgan fingerprint density at radius 2 is 1.24 bits per heavy atom. The maximum absolute atomic E-state index is 13.1. The number of nitrogens with one attached hydrogen (secondary N) is 2.